The smallest absolute Gasteiger partial charge is 0.209 e. The van der Waals surface area contributed by atoms with Crippen LogP contribution in [0.4, 0.5) is 0 Å². The number of tetrazole rings is 1. The van der Waals surface area contributed by atoms with Crippen LogP contribution in [-0.2, 0) is 0 Å². The van der Waals surface area contributed by atoms with Crippen LogP contribution in [0.1, 0.15) is 33.7 Å². The summed E-state index contributed by atoms with van der Waals surface area (Å²) >= 11 is 1.69. The second-order valence-corrected chi connectivity index (χ2v) is 4.71. The predicted octanol–water partition coefficient (Wildman–Crippen LogP) is 1.75. The largest absolute Gasteiger partial charge is 0.218 e. The number of nitrogens with zero attached hydrogens (tertiary/aromatic N) is 4. The van der Waals surface area contributed by atoms with Gasteiger partial charge in [0.2, 0.25) is 5.16 Å². The molecule has 68 valence electrons. The molecule has 1 heterocycles. The summed E-state index contributed by atoms with van der Waals surface area (Å²) in [6, 6.07) is 0.334. The second-order valence-electron chi connectivity index (χ2n) is 3.17. The predicted molar refractivity (Wildman–Crippen MR) is 49.2 cm³/mol. The lowest BCUT2D eigenvalue weighted by atomic mass is 10.4. The summed E-state index contributed by atoms with van der Waals surface area (Å²) in [4.78, 5) is 0. The van der Waals surface area contributed by atoms with Crippen molar-refractivity contribution < 1.29 is 0 Å². The Morgan fingerprint density at radius 1 is 1.25 bits per heavy atom. The van der Waals surface area contributed by atoms with Crippen LogP contribution in [0.2, 0.25) is 0 Å². The van der Waals surface area contributed by atoms with E-state index in [9.17, 15) is 0 Å². The first-order valence-electron chi connectivity index (χ1n) is 4.05. The minimum Gasteiger partial charge on any atom is -0.218 e. The molecule has 0 aliphatic carbocycles. The lowest BCUT2D eigenvalue weighted by molar-refractivity contribution is 0.477. The Hall–Kier alpha value is -0.580. The molecule has 0 aliphatic heterocycles. The van der Waals surface area contributed by atoms with Gasteiger partial charge in [-0.1, -0.05) is 25.6 Å². The topological polar surface area (TPSA) is 43.6 Å². The maximum absolute atomic E-state index is 3.94. The van der Waals surface area contributed by atoms with Gasteiger partial charge in [0, 0.05) is 5.25 Å². The van der Waals surface area contributed by atoms with Crippen LogP contribution >= 0.6 is 11.8 Å². The Labute approximate surface area is 76.7 Å². The van der Waals surface area contributed by atoms with Crippen molar-refractivity contribution in [1.82, 2.24) is 20.2 Å². The highest BCUT2D eigenvalue weighted by Crippen LogP contribution is 2.21. The summed E-state index contributed by atoms with van der Waals surface area (Å²) < 4.78 is 1.84. The van der Waals surface area contributed by atoms with Gasteiger partial charge in [0.05, 0.1) is 6.04 Å². The van der Waals surface area contributed by atoms with Crippen LogP contribution in [0.5, 0.6) is 0 Å². The first-order chi connectivity index (χ1) is 5.61. The molecule has 12 heavy (non-hydrogen) atoms. The molecular formula is C7H14N4S. The summed E-state index contributed by atoms with van der Waals surface area (Å²) in [7, 11) is 0. The molecule has 1 aromatic rings. The highest BCUT2D eigenvalue weighted by atomic mass is 32.2. The lowest BCUT2D eigenvalue weighted by Gasteiger charge is -2.07. The van der Waals surface area contributed by atoms with Gasteiger partial charge in [-0.25, -0.2) is 4.68 Å². The van der Waals surface area contributed by atoms with Gasteiger partial charge in [-0.3, -0.25) is 0 Å². The maximum atomic E-state index is 3.94. The third-order valence-electron chi connectivity index (χ3n) is 1.29. The van der Waals surface area contributed by atoms with Gasteiger partial charge in [-0.05, 0) is 24.3 Å². The molecule has 5 heteroatoms. The Kier molecular flexibility index (Phi) is 3.08. The van der Waals surface area contributed by atoms with Crippen molar-refractivity contribution in [3.8, 4) is 0 Å². The summed E-state index contributed by atoms with van der Waals surface area (Å²) in [5, 5.41) is 12.9. The van der Waals surface area contributed by atoms with E-state index in [1.807, 2.05) is 4.68 Å². The van der Waals surface area contributed by atoms with Gasteiger partial charge >= 0.3 is 0 Å². The third kappa shape index (κ3) is 2.20. The highest BCUT2D eigenvalue weighted by molar-refractivity contribution is 7.99. The molecule has 1 rings (SSSR count). The SMILES string of the molecule is CC(C)Sc1nnnn1C(C)C. The Bertz CT molecular complexity index is 243. The molecule has 1 aromatic heterocycles. The van der Waals surface area contributed by atoms with Crippen LogP contribution in [0.15, 0.2) is 5.16 Å². The van der Waals surface area contributed by atoms with Gasteiger partial charge in [0.15, 0.2) is 0 Å². The first-order valence-corrected chi connectivity index (χ1v) is 4.93. The van der Waals surface area contributed by atoms with Crippen molar-refractivity contribution in [2.45, 2.75) is 44.1 Å². The minimum atomic E-state index is 0.334. The summed E-state index contributed by atoms with van der Waals surface area (Å²) in [6.07, 6.45) is 0. The van der Waals surface area contributed by atoms with E-state index in [1.165, 1.54) is 0 Å². The second kappa shape index (κ2) is 3.89. The Balaban J connectivity index is 2.77. The van der Waals surface area contributed by atoms with Gasteiger partial charge in [0.1, 0.15) is 0 Å². The van der Waals surface area contributed by atoms with Crippen molar-refractivity contribution in [3.63, 3.8) is 0 Å². The first kappa shape index (κ1) is 9.51. The van der Waals surface area contributed by atoms with Crippen LogP contribution < -0.4 is 0 Å². The highest BCUT2D eigenvalue weighted by Gasteiger charge is 2.10. The summed E-state index contributed by atoms with van der Waals surface area (Å²) in [5.41, 5.74) is 0. The fraction of sp³-hybridized carbons (Fsp3) is 0.857. The van der Waals surface area contributed by atoms with Crippen LogP contribution in [0.3, 0.4) is 0 Å². The minimum absolute atomic E-state index is 0.334. The number of thioether (sulfide) groups is 1. The van der Waals surface area contributed by atoms with Crippen LogP contribution in [-0.4, -0.2) is 25.5 Å². The number of hydrogen-bond acceptors (Lipinski definition) is 4. The Morgan fingerprint density at radius 2 is 1.92 bits per heavy atom. The van der Waals surface area contributed by atoms with Crippen LogP contribution in [0, 0.1) is 0 Å². The average molecular weight is 186 g/mol. The van der Waals surface area contributed by atoms with E-state index in [2.05, 4.69) is 43.2 Å². The summed E-state index contributed by atoms with van der Waals surface area (Å²) in [6.45, 7) is 8.40. The van der Waals surface area contributed by atoms with E-state index in [4.69, 9.17) is 0 Å². The average Bonchev–Trinajstić information content (AvgIpc) is 2.33. The molecule has 0 saturated carbocycles. The molecule has 0 N–H and O–H groups in total. The van der Waals surface area contributed by atoms with E-state index >= 15 is 0 Å². The molecule has 0 spiro atoms. The molecule has 4 nitrogen and oxygen atoms in total. The zero-order chi connectivity index (χ0) is 9.14. The van der Waals surface area contributed by atoms with Crippen molar-refractivity contribution >= 4 is 11.8 Å². The quantitative estimate of drug-likeness (QED) is 0.675. The molecule has 0 aliphatic rings. The standard InChI is InChI=1S/C7H14N4S/c1-5(2)11-7(8-9-10-11)12-6(3)4/h5-6H,1-4H3. The number of hydrogen-bond donors (Lipinski definition) is 0. The van der Waals surface area contributed by atoms with E-state index in [1.54, 1.807) is 11.8 Å². The Morgan fingerprint density at radius 3 is 2.42 bits per heavy atom. The van der Waals surface area contributed by atoms with Gasteiger partial charge in [-0.15, -0.1) is 5.10 Å². The van der Waals surface area contributed by atoms with Gasteiger partial charge in [0.25, 0.3) is 0 Å². The van der Waals surface area contributed by atoms with E-state index in [0.717, 1.165) is 5.16 Å². The third-order valence-corrected chi connectivity index (χ3v) is 2.24. The molecule has 0 aromatic carbocycles. The normalized spacial score (nSPS) is 11.5. The fourth-order valence-electron chi connectivity index (χ4n) is 0.798. The maximum Gasteiger partial charge on any atom is 0.209 e. The number of rotatable bonds is 3. The van der Waals surface area contributed by atoms with E-state index < -0.39 is 0 Å². The monoisotopic (exact) mass is 186 g/mol. The fourth-order valence-corrected chi connectivity index (χ4v) is 1.66. The summed E-state index contributed by atoms with van der Waals surface area (Å²) in [5.74, 6) is 0. The molecule has 0 saturated heterocycles. The van der Waals surface area contributed by atoms with Crippen molar-refractivity contribution in [1.29, 1.82) is 0 Å². The lowest BCUT2D eigenvalue weighted by Crippen LogP contribution is -2.05. The molecule has 0 atom stereocenters. The van der Waals surface area contributed by atoms with Crippen molar-refractivity contribution in [3.05, 3.63) is 0 Å². The molecule has 0 bridgehead atoms. The zero-order valence-corrected chi connectivity index (χ0v) is 8.67. The molecule has 0 fully saturated rings. The zero-order valence-electron chi connectivity index (χ0n) is 7.85. The van der Waals surface area contributed by atoms with E-state index in [-0.39, 0.29) is 0 Å². The number of aromatic nitrogens is 4. The molecule has 0 amide bonds. The van der Waals surface area contributed by atoms with Crippen LogP contribution in [0.25, 0.3) is 0 Å². The van der Waals surface area contributed by atoms with Gasteiger partial charge < -0.3 is 0 Å². The van der Waals surface area contributed by atoms with Crippen molar-refractivity contribution in [2.75, 3.05) is 0 Å². The molecule has 0 radical (unpaired) electrons. The molecule has 0 unspecified atom stereocenters. The molecular weight excluding hydrogens is 172 g/mol. The van der Waals surface area contributed by atoms with Crippen molar-refractivity contribution in [2.24, 2.45) is 0 Å². The van der Waals surface area contributed by atoms with Gasteiger partial charge in [-0.2, -0.15) is 0 Å². The van der Waals surface area contributed by atoms with E-state index in [0.29, 0.717) is 11.3 Å².